The van der Waals surface area contributed by atoms with Crippen LogP contribution in [0.1, 0.15) is 11.4 Å². The number of aryl methyl sites for hydroxylation is 1. The minimum Gasteiger partial charge on any atom is -0.326 e. The lowest BCUT2D eigenvalue weighted by Crippen LogP contribution is -2.10. The second kappa shape index (κ2) is 6.59. The molecule has 1 aromatic carbocycles. The molecule has 1 heterocycles. The first-order chi connectivity index (χ1) is 9.94. The third-order valence-corrected chi connectivity index (χ3v) is 6.12. The maximum absolute atomic E-state index is 12.3. The molecule has 6 nitrogen and oxygen atoms in total. The summed E-state index contributed by atoms with van der Waals surface area (Å²) in [7, 11) is -1.44. The van der Waals surface area contributed by atoms with Gasteiger partial charge in [0.2, 0.25) is 0 Å². The smallest absolute Gasteiger partial charge is 0.190 e. The minimum absolute atomic E-state index is 0.0532. The number of benzene rings is 1. The van der Waals surface area contributed by atoms with E-state index < -0.39 is 9.84 Å². The zero-order chi connectivity index (χ0) is 15.5. The summed E-state index contributed by atoms with van der Waals surface area (Å²) in [5.41, 5.74) is 6.35. The average Bonchev–Trinajstić information content (AvgIpc) is 2.79. The molecule has 0 saturated carbocycles. The van der Waals surface area contributed by atoms with E-state index in [1.807, 2.05) is 24.6 Å². The van der Waals surface area contributed by atoms with Crippen molar-refractivity contribution in [2.75, 3.05) is 11.5 Å². The average molecular weight is 326 g/mol. The zero-order valence-electron chi connectivity index (χ0n) is 12.0. The molecular weight excluding hydrogens is 308 g/mol. The van der Waals surface area contributed by atoms with Crippen LogP contribution in [-0.2, 0) is 23.4 Å². The van der Waals surface area contributed by atoms with E-state index in [1.54, 1.807) is 18.2 Å². The molecule has 0 bridgehead atoms. The van der Waals surface area contributed by atoms with Crippen LogP contribution in [0.4, 0.5) is 0 Å². The van der Waals surface area contributed by atoms with E-state index in [4.69, 9.17) is 5.73 Å². The molecule has 0 spiro atoms. The van der Waals surface area contributed by atoms with Gasteiger partial charge in [-0.15, -0.1) is 10.2 Å². The van der Waals surface area contributed by atoms with E-state index in [-0.39, 0.29) is 5.75 Å². The predicted molar refractivity (Wildman–Crippen MR) is 82.9 cm³/mol. The van der Waals surface area contributed by atoms with Gasteiger partial charge in [-0.2, -0.15) is 0 Å². The van der Waals surface area contributed by atoms with E-state index in [2.05, 4.69) is 10.2 Å². The lowest BCUT2D eigenvalue weighted by molar-refractivity contribution is 0.597. The van der Waals surface area contributed by atoms with Crippen LogP contribution in [0.3, 0.4) is 0 Å². The molecule has 0 atom stereocenters. The normalized spacial score (nSPS) is 11.8. The van der Waals surface area contributed by atoms with Gasteiger partial charge in [-0.1, -0.05) is 23.9 Å². The Bertz CT molecular complexity index is 726. The van der Waals surface area contributed by atoms with Gasteiger partial charge in [0, 0.05) is 19.3 Å². The highest BCUT2D eigenvalue weighted by atomic mass is 32.2. The molecule has 0 aliphatic rings. The SMILES string of the molecule is Cc1nnc(SCCS(=O)(=O)c2cccc(CN)c2)n1C. The van der Waals surface area contributed by atoms with Gasteiger partial charge in [0.05, 0.1) is 10.6 Å². The van der Waals surface area contributed by atoms with E-state index in [0.717, 1.165) is 16.5 Å². The quantitative estimate of drug-likeness (QED) is 0.801. The summed E-state index contributed by atoms with van der Waals surface area (Å²) in [6.45, 7) is 2.18. The number of hydrogen-bond donors (Lipinski definition) is 1. The molecule has 0 unspecified atom stereocenters. The van der Waals surface area contributed by atoms with E-state index >= 15 is 0 Å². The molecule has 0 amide bonds. The summed E-state index contributed by atoms with van der Waals surface area (Å²) in [5.74, 6) is 1.29. The predicted octanol–water partition coefficient (Wildman–Crippen LogP) is 1.15. The van der Waals surface area contributed by atoms with Crippen LogP contribution in [0.15, 0.2) is 34.3 Å². The van der Waals surface area contributed by atoms with Gasteiger partial charge < -0.3 is 10.3 Å². The maximum Gasteiger partial charge on any atom is 0.190 e. The number of nitrogens with zero attached hydrogens (tertiary/aromatic N) is 3. The van der Waals surface area contributed by atoms with Crippen molar-refractivity contribution < 1.29 is 8.42 Å². The molecule has 21 heavy (non-hydrogen) atoms. The van der Waals surface area contributed by atoms with Crippen molar-refractivity contribution in [1.29, 1.82) is 0 Å². The highest BCUT2D eigenvalue weighted by Gasteiger charge is 2.15. The summed E-state index contributed by atoms with van der Waals surface area (Å²) >= 11 is 1.38. The van der Waals surface area contributed by atoms with Crippen LogP contribution in [0.2, 0.25) is 0 Å². The molecule has 2 rings (SSSR count). The number of rotatable bonds is 6. The van der Waals surface area contributed by atoms with Crippen LogP contribution >= 0.6 is 11.8 Å². The number of nitrogens with two attached hydrogens (primary N) is 1. The minimum atomic E-state index is -3.30. The van der Waals surface area contributed by atoms with Gasteiger partial charge in [-0.25, -0.2) is 8.42 Å². The van der Waals surface area contributed by atoms with Gasteiger partial charge >= 0.3 is 0 Å². The molecule has 0 aliphatic carbocycles. The van der Waals surface area contributed by atoms with Crippen LogP contribution in [0, 0.1) is 6.92 Å². The third-order valence-electron chi connectivity index (χ3n) is 3.13. The first-order valence-corrected chi connectivity index (χ1v) is 9.08. The van der Waals surface area contributed by atoms with Crippen molar-refractivity contribution in [1.82, 2.24) is 14.8 Å². The van der Waals surface area contributed by atoms with Crippen LogP contribution in [-0.4, -0.2) is 34.7 Å². The topological polar surface area (TPSA) is 90.9 Å². The molecule has 114 valence electrons. The Morgan fingerprint density at radius 1 is 1.33 bits per heavy atom. The lowest BCUT2D eigenvalue weighted by Gasteiger charge is -2.06. The molecule has 0 radical (unpaired) electrons. The van der Waals surface area contributed by atoms with Crippen molar-refractivity contribution in [2.45, 2.75) is 23.5 Å². The number of hydrogen-bond acceptors (Lipinski definition) is 6. The third kappa shape index (κ3) is 3.84. The highest BCUT2D eigenvalue weighted by Crippen LogP contribution is 2.19. The highest BCUT2D eigenvalue weighted by molar-refractivity contribution is 8.00. The van der Waals surface area contributed by atoms with Gasteiger partial charge in [-0.05, 0) is 24.6 Å². The fraction of sp³-hybridized carbons (Fsp3) is 0.385. The lowest BCUT2D eigenvalue weighted by atomic mass is 10.2. The largest absolute Gasteiger partial charge is 0.326 e. The Hall–Kier alpha value is -1.38. The van der Waals surface area contributed by atoms with Gasteiger partial charge in [0.15, 0.2) is 15.0 Å². The Balaban J connectivity index is 2.02. The summed E-state index contributed by atoms with van der Waals surface area (Å²) in [5, 5.41) is 8.66. The fourth-order valence-electron chi connectivity index (χ4n) is 1.74. The molecule has 2 aromatic rings. The number of aromatic nitrogens is 3. The first kappa shape index (κ1) is 16.0. The molecule has 0 saturated heterocycles. The standard InChI is InChI=1S/C13H18N4O2S2/c1-10-15-16-13(17(10)2)20-6-7-21(18,19)12-5-3-4-11(8-12)9-14/h3-5,8H,6-7,9,14H2,1-2H3. The Morgan fingerprint density at radius 3 is 2.71 bits per heavy atom. The van der Waals surface area contributed by atoms with Crippen molar-refractivity contribution in [3.63, 3.8) is 0 Å². The van der Waals surface area contributed by atoms with Crippen LogP contribution in [0.25, 0.3) is 0 Å². The second-order valence-electron chi connectivity index (χ2n) is 4.61. The number of thioether (sulfide) groups is 1. The first-order valence-electron chi connectivity index (χ1n) is 6.44. The van der Waals surface area contributed by atoms with Crippen molar-refractivity contribution in [3.8, 4) is 0 Å². The summed E-state index contributed by atoms with van der Waals surface area (Å²) in [4.78, 5) is 0.320. The summed E-state index contributed by atoms with van der Waals surface area (Å²) < 4.78 is 26.4. The zero-order valence-corrected chi connectivity index (χ0v) is 13.6. The van der Waals surface area contributed by atoms with Crippen LogP contribution < -0.4 is 5.73 Å². The van der Waals surface area contributed by atoms with Crippen molar-refractivity contribution in [3.05, 3.63) is 35.7 Å². The monoisotopic (exact) mass is 326 g/mol. The Kier molecular flexibility index (Phi) is 5.02. The second-order valence-corrected chi connectivity index (χ2v) is 7.78. The fourth-order valence-corrected chi connectivity index (χ4v) is 4.41. The van der Waals surface area contributed by atoms with E-state index in [0.29, 0.717) is 17.2 Å². The summed E-state index contributed by atoms with van der Waals surface area (Å²) in [6, 6.07) is 6.77. The Morgan fingerprint density at radius 2 is 2.10 bits per heavy atom. The summed E-state index contributed by atoms with van der Waals surface area (Å²) in [6.07, 6.45) is 0. The van der Waals surface area contributed by atoms with E-state index in [9.17, 15) is 8.42 Å². The molecular formula is C13H18N4O2S2. The molecule has 0 fully saturated rings. The molecule has 1 aromatic heterocycles. The van der Waals surface area contributed by atoms with Gasteiger partial charge in [0.25, 0.3) is 0 Å². The van der Waals surface area contributed by atoms with Crippen LogP contribution in [0.5, 0.6) is 0 Å². The molecule has 8 heteroatoms. The molecule has 0 aliphatic heterocycles. The van der Waals surface area contributed by atoms with Crippen molar-refractivity contribution >= 4 is 21.6 Å². The Labute approximate surface area is 128 Å². The van der Waals surface area contributed by atoms with Gasteiger partial charge in [0.1, 0.15) is 5.82 Å². The van der Waals surface area contributed by atoms with Gasteiger partial charge in [-0.3, -0.25) is 0 Å². The molecule has 2 N–H and O–H groups in total. The number of sulfone groups is 1. The maximum atomic E-state index is 12.3. The van der Waals surface area contributed by atoms with Crippen molar-refractivity contribution in [2.24, 2.45) is 12.8 Å². The van der Waals surface area contributed by atoms with E-state index in [1.165, 1.54) is 11.8 Å².